The minimum atomic E-state index is -1.92. The second-order valence-electron chi connectivity index (χ2n) is 20.9. The summed E-state index contributed by atoms with van der Waals surface area (Å²) in [6, 6.07) is 0. The van der Waals surface area contributed by atoms with E-state index in [2.05, 4.69) is 142 Å². The Morgan fingerprint density at radius 2 is 0.778 bits per heavy atom. The first kappa shape index (κ1) is 74.1. The van der Waals surface area contributed by atoms with Crippen LogP contribution in [0, 0.1) is 0 Å². The van der Waals surface area contributed by atoms with Crippen LogP contribution < -0.4 is 0 Å². The van der Waals surface area contributed by atoms with Gasteiger partial charge in [0.15, 0.2) is 24.6 Å². The van der Waals surface area contributed by atoms with Crippen LogP contribution >= 0.6 is 0 Å². The zero-order valence-electron chi connectivity index (χ0n) is 50.5. The first-order chi connectivity index (χ1) is 39.6. The van der Waals surface area contributed by atoms with E-state index in [9.17, 15) is 34.5 Å². The number of hydrogen-bond acceptors (Lipinski definition) is 11. The number of aliphatic carboxylic acids is 1. The highest BCUT2D eigenvalue weighted by molar-refractivity contribution is 5.74. The molecule has 458 valence electrons. The molecule has 1 aliphatic heterocycles. The standard InChI is InChI=1S/C69H110O12/c1-4-7-10-13-16-19-22-25-27-29-31-33-35-38-40-43-46-49-52-55-61(70)77-58-60(79-62(71)56-53-50-47-44-41-37-24-21-18-15-12-9-6-3)59-78-69-67(65(74)64(73)66(81-69)68(75)76)80-63(72)57-54-51-48-45-42-39-36-34-32-30-28-26-23-20-17-14-11-8-5-2/h8-9,11-12,16-21,25-28,31-34,37,41,60,64-67,69,73-74H,4-7,10,13-15,22-24,29-30,35-36,38-40,42-59H2,1-3H3,(H,75,76)/b11-8-,12-9-,19-16-,20-17-,21-18-,27-25-,28-26-,33-31-,34-32-,41-37-. The predicted molar refractivity (Wildman–Crippen MR) is 330 cm³/mol. The fourth-order valence-corrected chi connectivity index (χ4v) is 8.73. The average molecular weight is 1130 g/mol. The fourth-order valence-electron chi connectivity index (χ4n) is 8.73. The molecule has 1 rings (SSSR count). The van der Waals surface area contributed by atoms with Gasteiger partial charge in [0, 0.05) is 19.3 Å². The molecular weight excluding hydrogens is 1020 g/mol. The molecule has 0 saturated carbocycles. The van der Waals surface area contributed by atoms with E-state index < -0.39 is 67.3 Å². The number of unbranched alkanes of at least 4 members (excludes halogenated alkanes) is 18. The number of allylic oxidation sites excluding steroid dienone is 20. The third-order valence-electron chi connectivity index (χ3n) is 13.5. The van der Waals surface area contributed by atoms with Crippen molar-refractivity contribution in [1.82, 2.24) is 0 Å². The number of rotatable bonds is 52. The molecule has 0 aromatic carbocycles. The van der Waals surface area contributed by atoms with Gasteiger partial charge in [-0.05, 0) is 128 Å². The van der Waals surface area contributed by atoms with E-state index in [0.29, 0.717) is 19.3 Å². The van der Waals surface area contributed by atoms with Gasteiger partial charge >= 0.3 is 23.9 Å². The van der Waals surface area contributed by atoms with Gasteiger partial charge in [-0.3, -0.25) is 14.4 Å². The summed E-state index contributed by atoms with van der Waals surface area (Å²) < 4.78 is 28.4. The lowest BCUT2D eigenvalue weighted by Crippen LogP contribution is -2.61. The molecule has 1 heterocycles. The van der Waals surface area contributed by atoms with Crippen molar-refractivity contribution in [2.24, 2.45) is 0 Å². The van der Waals surface area contributed by atoms with Crippen LogP contribution in [0.5, 0.6) is 0 Å². The maximum atomic E-state index is 13.2. The third-order valence-corrected chi connectivity index (χ3v) is 13.5. The number of aliphatic hydroxyl groups excluding tert-OH is 2. The number of esters is 3. The third kappa shape index (κ3) is 45.3. The number of aliphatic hydroxyl groups is 2. The van der Waals surface area contributed by atoms with E-state index in [4.69, 9.17) is 23.7 Å². The molecule has 6 unspecified atom stereocenters. The summed E-state index contributed by atoms with van der Waals surface area (Å²) in [5.74, 6) is -3.21. The van der Waals surface area contributed by atoms with Crippen LogP contribution in [0.15, 0.2) is 122 Å². The van der Waals surface area contributed by atoms with Crippen molar-refractivity contribution >= 4 is 23.9 Å². The highest BCUT2D eigenvalue weighted by Crippen LogP contribution is 2.26. The van der Waals surface area contributed by atoms with Crippen molar-refractivity contribution in [2.75, 3.05) is 13.2 Å². The highest BCUT2D eigenvalue weighted by atomic mass is 16.7. The molecule has 12 nitrogen and oxygen atoms in total. The van der Waals surface area contributed by atoms with Gasteiger partial charge in [-0.15, -0.1) is 0 Å². The van der Waals surface area contributed by atoms with Crippen LogP contribution in [-0.4, -0.2) is 89.2 Å². The number of ether oxygens (including phenoxy) is 5. The molecule has 81 heavy (non-hydrogen) atoms. The number of carboxylic acid groups (broad SMARTS) is 1. The smallest absolute Gasteiger partial charge is 0.335 e. The van der Waals surface area contributed by atoms with Crippen molar-refractivity contribution in [3.63, 3.8) is 0 Å². The van der Waals surface area contributed by atoms with E-state index in [1.54, 1.807) is 0 Å². The second kappa shape index (κ2) is 55.6. The zero-order valence-corrected chi connectivity index (χ0v) is 50.5. The number of carbonyl (C=O) groups is 4. The molecule has 3 N–H and O–H groups in total. The zero-order chi connectivity index (χ0) is 58.9. The largest absolute Gasteiger partial charge is 0.479 e. The van der Waals surface area contributed by atoms with Gasteiger partial charge in [-0.25, -0.2) is 4.79 Å². The minimum absolute atomic E-state index is 0.0329. The van der Waals surface area contributed by atoms with E-state index >= 15 is 0 Å². The maximum Gasteiger partial charge on any atom is 0.335 e. The Balaban J connectivity index is 2.69. The van der Waals surface area contributed by atoms with Crippen molar-refractivity contribution < 1.29 is 58.2 Å². The minimum Gasteiger partial charge on any atom is -0.479 e. The molecule has 0 amide bonds. The normalized spacial score (nSPS) is 18.6. The summed E-state index contributed by atoms with van der Waals surface area (Å²) in [4.78, 5) is 51.3. The Morgan fingerprint density at radius 3 is 1.20 bits per heavy atom. The molecule has 0 aromatic rings. The quantitative estimate of drug-likeness (QED) is 0.0228. The molecule has 12 heteroatoms. The van der Waals surface area contributed by atoms with E-state index in [-0.39, 0.29) is 25.9 Å². The van der Waals surface area contributed by atoms with Gasteiger partial charge in [0.05, 0.1) is 6.61 Å². The summed E-state index contributed by atoms with van der Waals surface area (Å²) in [5.41, 5.74) is 0. The molecule has 1 fully saturated rings. The second-order valence-corrected chi connectivity index (χ2v) is 20.9. The van der Waals surface area contributed by atoms with Crippen LogP contribution in [0.4, 0.5) is 0 Å². The first-order valence-electron chi connectivity index (χ1n) is 31.5. The van der Waals surface area contributed by atoms with E-state index in [0.717, 1.165) is 154 Å². The molecule has 1 saturated heterocycles. The van der Waals surface area contributed by atoms with Crippen molar-refractivity contribution in [3.8, 4) is 0 Å². The van der Waals surface area contributed by atoms with Crippen molar-refractivity contribution in [1.29, 1.82) is 0 Å². The summed E-state index contributed by atoms with van der Waals surface area (Å²) >= 11 is 0. The molecule has 6 atom stereocenters. The van der Waals surface area contributed by atoms with Crippen LogP contribution in [0.25, 0.3) is 0 Å². The fraction of sp³-hybridized carbons (Fsp3) is 0.652. The molecule has 0 spiro atoms. The Kier molecular flexibility index (Phi) is 50.9. The molecular formula is C69H110O12. The Labute approximate surface area is 490 Å². The summed E-state index contributed by atoms with van der Waals surface area (Å²) in [6.07, 6.45) is 64.4. The number of carbonyl (C=O) groups excluding carboxylic acids is 3. The van der Waals surface area contributed by atoms with E-state index in [1.807, 2.05) is 0 Å². The average Bonchev–Trinajstić information content (AvgIpc) is 3.54. The van der Waals surface area contributed by atoms with Crippen LogP contribution in [0.1, 0.15) is 239 Å². The van der Waals surface area contributed by atoms with Gasteiger partial charge in [0.2, 0.25) is 0 Å². The van der Waals surface area contributed by atoms with Crippen molar-refractivity contribution in [3.05, 3.63) is 122 Å². The molecule has 0 aromatic heterocycles. The molecule has 0 radical (unpaired) electrons. The van der Waals surface area contributed by atoms with Gasteiger partial charge in [0.25, 0.3) is 0 Å². The van der Waals surface area contributed by atoms with Crippen LogP contribution in [-0.2, 0) is 42.9 Å². The molecule has 0 bridgehead atoms. The maximum absolute atomic E-state index is 13.2. The SMILES string of the molecule is CC/C=C\C/C=C\C/C=C\C/C=C\CCCCCCCCC(=O)OC1C(OCC(COC(=O)CCCCCCCC/C=C\C/C=C\C/C=C\CCCCC)OC(=O)CCCCC/C=C\C/C=C\C/C=C\CC)OC(C(=O)O)C(O)C1O. The number of hydrogen-bond donors (Lipinski definition) is 3. The summed E-state index contributed by atoms with van der Waals surface area (Å²) in [7, 11) is 0. The summed E-state index contributed by atoms with van der Waals surface area (Å²) in [6.45, 7) is 5.70. The Hall–Kier alpha value is -4.88. The lowest BCUT2D eigenvalue weighted by atomic mass is 9.98. The molecule has 1 aliphatic rings. The number of carboxylic acids is 1. The van der Waals surface area contributed by atoms with Gasteiger partial charge in [0.1, 0.15) is 18.8 Å². The van der Waals surface area contributed by atoms with E-state index in [1.165, 1.54) is 25.7 Å². The van der Waals surface area contributed by atoms with Crippen molar-refractivity contribution in [2.45, 2.75) is 276 Å². The van der Waals surface area contributed by atoms with Gasteiger partial charge in [-0.2, -0.15) is 0 Å². The molecule has 0 aliphatic carbocycles. The first-order valence-corrected chi connectivity index (χ1v) is 31.5. The van der Waals surface area contributed by atoms with Gasteiger partial charge in [-0.1, -0.05) is 213 Å². The van der Waals surface area contributed by atoms with Gasteiger partial charge < -0.3 is 39.0 Å². The monoisotopic (exact) mass is 1130 g/mol. The van der Waals surface area contributed by atoms with Crippen LogP contribution in [0.3, 0.4) is 0 Å². The van der Waals surface area contributed by atoms with Crippen LogP contribution in [0.2, 0.25) is 0 Å². The summed E-state index contributed by atoms with van der Waals surface area (Å²) in [5, 5.41) is 31.6. The topological polar surface area (TPSA) is 175 Å². The highest BCUT2D eigenvalue weighted by Gasteiger charge is 2.50. The predicted octanol–water partition coefficient (Wildman–Crippen LogP) is 16.8. The lowest BCUT2D eigenvalue weighted by Gasteiger charge is -2.40. The lowest BCUT2D eigenvalue weighted by molar-refractivity contribution is -0.301. The Morgan fingerprint density at radius 1 is 0.420 bits per heavy atom. The Bertz CT molecular complexity index is 1870.